The molecule has 2 N–H and O–H groups in total. The Morgan fingerprint density at radius 2 is 1.95 bits per heavy atom. The molecule has 0 aliphatic carbocycles. The summed E-state index contributed by atoms with van der Waals surface area (Å²) in [6.07, 6.45) is 6.07. The third-order valence-electron chi connectivity index (χ3n) is 8.14. The van der Waals surface area contributed by atoms with E-state index in [0.717, 1.165) is 60.4 Å². The summed E-state index contributed by atoms with van der Waals surface area (Å²) in [4.78, 5) is 31.8. The number of fused-ring (bicyclic) bond motifs is 6. The van der Waals surface area contributed by atoms with Crippen molar-refractivity contribution in [1.82, 2.24) is 24.8 Å². The predicted molar refractivity (Wildman–Crippen MR) is 154 cm³/mol. The average Bonchev–Trinajstić information content (AvgIpc) is 3.48. The number of pyridine rings is 1. The van der Waals surface area contributed by atoms with E-state index >= 15 is 0 Å². The second kappa shape index (κ2) is 9.95. The quantitative estimate of drug-likeness (QED) is 0.326. The first-order valence-electron chi connectivity index (χ1n) is 13.7. The summed E-state index contributed by atoms with van der Waals surface area (Å²) >= 11 is -0.954. The fourth-order valence-corrected chi connectivity index (χ4v) is 10.5. The standard InChI is InChI=1S/C30H32FN7O.Os/c1-20(2)35(3)17-22-14-23(31)7-9-27(22)38-19-37(28-10-11-32-15-29(28)38)24-5-4-12-36(18-24)16-21-6-8-25-26(13-21)34-30(39)33-25;/h6-11,13-15,20,24H,4-5,12,16,18H2,1-3H3,(H2,33,34,39);. The van der Waals surface area contributed by atoms with Crippen LogP contribution in [0.1, 0.15) is 37.8 Å². The molecule has 1 fully saturated rings. The molecule has 1 unspecified atom stereocenters. The van der Waals surface area contributed by atoms with Crippen molar-refractivity contribution in [2.45, 2.75) is 45.3 Å². The van der Waals surface area contributed by atoms with Crippen molar-refractivity contribution >= 4 is 36.6 Å². The summed E-state index contributed by atoms with van der Waals surface area (Å²) in [7, 11) is 2.14. The van der Waals surface area contributed by atoms with Crippen LogP contribution >= 0.6 is 0 Å². The Hall–Kier alpha value is -3.31. The van der Waals surface area contributed by atoms with E-state index in [1.54, 1.807) is 12.1 Å². The van der Waals surface area contributed by atoms with Crippen LogP contribution in [0.2, 0.25) is 0 Å². The molecule has 10 heteroatoms. The van der Waals surface area contributed by atoms with E-state index in [0.29, 0.717) is 12.1 Å². The molecule has 2 aromatic carbocycles. The number of likely N-dealkylation sites (tertiary alicyclic amines) is 1. The van der Waals surface area contributed by atoms with Crippen LogP contribution in [0.15, 0.2) is 59.7 Å². The number of hydrogen-bond donors (Lipinski definition) is 2. The van der Waals surface area contributed by atoms with Gasteiger partial charge in [-0.2, -0.15) is 0 Å². The molecule has 8 nitrogen and oxygen atoms in total. The molecule has 0 bridgehead atoms. The number of anilines is 3. The van der Waals surface area contributed by atoms with E-state index in [1.807, 2.05) is 24.5 Å². The van der Waals surface area contributed by atoms with Crippen LogP contribution in [-0.2, 0) is 23.0 Å². The zero-order valence-electron chi connectivity index (χ0n) is 22.8. The SMILES string of the molecule is CC(C)N(C)[C]1=[Os]=[C]2N(c3ccc(F)cc31)c1cnccc1N2C1CCCN(Cc2ccc3[nH]c(=O)[nH]c3c2)C1. The van der Waals surface area contributed by atoms with Crippen LogP contribution in [0.3, 0.4) is 0 Å². The number of piperidine rings is 1. The number of rotatable bonds is 5. The molecule has 0 radical (unpaired) electrons. The fraction of sp³-hybridized carbons (Fsp3) is 0.333. The third-order valence-corrected chi connectivity index (χ3v) is 12.1. The van der Waals surface area contributed by atoms with E-state index in [4.69, 9.17) is 0 Å². The zero-order valence-corrected chi connectivity index (χ0v) is 25.3. The molecule has 0 amide bonds. The third kappa shape index (κ3) is 4.30. The van der Waals surface area contributed by atoms with Gasteiger partial charge in [0, 0.05) is 0 Å². The molecule has 0 saturated carbocycles. The van der Waals surface area contributed by atoms with E-state index in [1.165, 1.54) is 19.8 Å². The van der Waals surface area contributed by atoms with E-state index in [2.05, 4.69) is 73.6 Å². The van der Waals surface area contributed by atoms with Gasteiger partial charge in [-0.3, -0.25) is 0 Å². The van der Waals surface area contributed by atoms with Gasteiger partial charge in [0.15, 0.2) is 0 Å². The first kappa shape index (κ1) is 25.6. The molecular formula is C30H32FN7OOs. The van der Waals surface area contributed by atoms with Crippen molar-refractivity contribution in [1.29, 1.82) is 0 Å². The van der Waals surface area contributed by atoms with Crippen LogP contribution in [0, 0.1) is 5.82 Å². The summed E-state index contributed by atoms with van der Waals surface area (Å²) in [5.41, 5.74) is 7.04. The number of aromatic nitrogens is 3. The minimum absolute atomic E-state index is 0.172. The van der Waals surface area contributed by atoms with Crippen molar-refractivity contribution in [3.63, 3.8) is 0 Å². The second-order valence-corrected chi connectivity index (χ2v) is 14.0. The maximum absolute atomic E-state index is 14.6. The van der Waals surface area contributed by atoms with Gasteiger partial charge in [0.05, 0.1) is 0 Å². The molecule has 40 heavy (non-hydrogen) atoms. The zero-order chi connectivity index (χ0) is 27.5. The molecule has 2 aromatic heterocycles. The van der Waals surface area contributed by atoms with Gasteiger partial charge >= 0.3 is 240 Å². The summed E-state index contributed by atoms with van der Waals surface area (Å²) < 4.78 is 17.2. The molecule has 1 atom stereocenters. The summed E-state index contributed by atoms with van der Waals surface area (Å²) in [6, 6.07) is 14.2. The molecule has 3 aliphatic rings. The number of nitrogens with zero attached hydrogens (tertiary/aromatic N) is 5. The monoisotopic (exact) mass is 717 g/mol. The van der Waals surface area contributed by atoms with Crippen molar-refractivity contribution in [3.05, 3.63) is 82.3 Å². The van der Waals surface area contributed by atoms with Gasteiger partial charge in [0.2, 0.25) is 0 Å². The van der Waals surface area contributed by atoms with Crippen molar-refractivity contribution in [2.24, 2.45) is 0 Å². The van der Waals surface area contributed by atoms with E-state index < -0.39 is 16.5 Å². The number of hydrogen-bond acceptors (Lipinski definition) is 6. The van der Waals surface area contributed by atoms with Crippen LogP contribution < -0.4 is 15.5 Å². The number of benzene rings is 2. The number of H-pyrrole nitrogens is 2. The Bertz CT molecular complexity index is 1750. The molecule has 208 valence electrons. The van der Waals surface area contributed by atoms with Crippen molar-refractivity contribution in [3.8, 4) is 0 Å². The van der Waals surface area contributed by atoms with Gasteiger partial charge in [-0.15, -0.1) is 0 Å². The first-order valence-corrected chi connectivity index (χ1v) is 16.3. The topological polar surface area (TPSA) is 74.5 Å². The average molecular weight is 716 g/mol. The van der Waals surface area contributed by atoms with Gasteiger partial charge in [-0.1, -0.05) is 0 Å². The fourth-order valence-electron chi connectivity index (χ4n) is 5.99. The van der Waals surface area contributed by atoms with Crippen molar-refractivity contribution in [2.75, 3.05) is 29.9 Å². The van der Waals surface area contributed by atoms with Gasteiger partial charge in [-0.05, 0) is 0 Å². The van der Waals surface area contributed by atoms with Crippen LogP contribution in [0.25, 0.3) is 11.0 Å². The summed E-state index contributed by atoms with van der Waals surface area (Å²) in [5.74, 6) is -0.196. The van der Waals surface area contributed by atoms with Crippen LogP contribution in [0.5, 0.6) is 0 Å². The molecular weight excluding hydrogens is 684 g/mol. The maximum atomic E-state index is 14.6. The molecule has 3 aliphatic heterocycles. The summed E-state index contributed by atoms with van der Waals surface area (Å²) in [6.45, 7) is 7.22. The van der Waals surface area contributed by atoms with Gasteiger partial charge < -0.3 is 0 Å². The molecule has 0 spiro atoms. The minimum atomic E-state index is -0.954. The molecule has 1 saturated heterocycles. The van der Waals surface area contributed by atoms with Crippen LogP contribution in [-0.4, -0.2) is 65.5 Å². The number of imidazole rings is 1. The Morgan fingerprint density at radius 1 is 1.10 bits per heavy atom. The molecule has 4 aromatic rings. The van der Waals surface area contributed by atoms with E-state index in [9.17, 15) is 9.18 Å². The predicted octanol–water partition coefficient (Wildman–Crippen LogP) is 4.01. The normalized spacial score (nSPS) is 19.1. The Labute approximate surface area is 239 Å². The Balaban J connectivity index is 1.28. The second-order valence-electron chi connectivity index (χ2n) is 11.1. The molecule has 5 heterocycles. The van der Waals surface area contributed by atoms with Gasteiger partial charge in [0.1, 0.15) is 0 Å². The molecule has 7 rings (SSSR count). The number of nitrogens with one attached hydrogen (secondary N) is 2. The Morgan fingerprint density at radius 3 is 2.80 bits per heavy atom. The number of halogens is 1. The number of aromatic amines is 2. The van der Waals surface area contributed by atoms with Crippen LogP contribution in [0.4, 0.5) is 21.5 Å². The van der Waals surface area contributed by atoms with E-state index in [-0.39, 0.29) is 11.5 Å². The van der Waals surface area contributed by atoms with Crippen molar-refractivity contribution < 1.29 is 20.9 Å². The summed E-state index contributed by atoms with van der Waals surface area (Å²) in [5, 5.41) is 0. The van der Waals surface area contributed by atoms with Gasteiger partial charge in [0.25, 0.3) is 0 Å². The first-order chi connectivity index (χ1) is 19.4. The van der Waals surface area contributed by atoms with Gasteiger partial charge in [-0.25, -0.2) is 0 Å². The Kier molecular flexibility index (Phi) is 6.38.